The lowest BCUT2D eigenvalue weighted by atomic mass is 10.0. The number of carboxylic acid groups (broad SMARTS) is 1. The first kappa shape index (κ1) is 15.7. The van der Waals surface area contributed by atoms with Crippen LogP contribution in [0, 0.1) is 19.7 Å². The molecule has 1 unspecified atom stereocenters. The Morgan fingerprint density at radius 1 is 1.32 bits per heavy atom. The number of carbonyl (C=O) groups is 2. The molecule has 2 rings (SSSR count). The molecular weight excluding hydrogens is 289 g/mol. The average Bonchev–Trinajstić information content (AvgIpc) is 2.78. The van der Waals surface area contributed by atoms with Crippen LogP contribution in [0.3, 0.4) is 0 Å². The largest absolute Gasteiger partial charge is 0.479 e. The quantitative estimate of drug-likeness (QED) is 0.901. The Bertz CT molecular complexity index is 740. The maximum atomic E-state index is 13.3. The first-order chi connectivity index (χ1) is 10.3. The molecule has 7 heteroatoms. The van der Waals surface area contributed by atoms with Crippen molar-refractivity contribution in [2.75, 3.05) is 0 Å². The molecule has 1 heterocycles. The molecule has 0 fully saturated rings. The molecule has 0 bridgehead atoms. The minimum atomic E-state index is -1.26. The molecule has 0 radical (unpaired) electrons. The van der Waals surface area contributed by atoms with E-state index in [9.17, 15) is 19.1 Å². The fourth-order valence-corrected chi connectivity index (χ4v) is 2.16. The van der Waals surface area contributed by atoms with E-state index in [2.05, 4.69) is 10.4 Å². The van der Waals surface area contributed by atoms with E-state index in [1.54, 1.807) is 20.0 Å². The number of amides is 1. The average molecular weight is 305 g/mol. The summed E-state index contributed by atoms with van der Waals surface area (Å²) in [7, 11) is 1.60. The van der Waals surface area contributed by atoms with Crippen molar-refractivity contribution in [3.05, 3.63) is 52.6 Å². The number of nitrogens with zero attached hydrogens (tertiary/aromatic N) is 2. The highest BCUT2D eigenvalue weighted by Crippen LogP contribution is 2.18. The number of hydrogen-bond donors (Lipinski definition) is 2. The molecule has 0 aliphatic rings. The molecule has 6 nitrogen and oxygen atoms in total. The van der Waals surface area contributed by atoms with Gasteiger partial charge in [-0.25, -0.2) is 9.18 Å². The summed E-state index contributed by atoms with van der Waals surface area (Å²) in [5.41, 5.74) is 1.52. The van der Waals surface area contributed by atoms with E-state index < -0.39 is 23.7 Å². The number of halogens is 1. The van der Waals surface area contributed by atoms with Crippen LogP contribution in [0.2, 0.25) is 0 Å². The summed E-state index contributed by atoms with van der Waals surface area (Å²) in [4.78, 5) is 23.6. The van der Waals surface area contributed by atoms with E-state index >= 15 is 0 Å². The summed E-state index contributed by atoms with van der Waals surface area (Å²) in [5.74, 6) is -2.21. The Balaban J connectivity index is 2.29. The Kier molecular flexibility index (Phi) is 4.25. The van der Waals surface area contributed by atoms with Gasteiger partial charge in [0.15, 0.2) is 6.04 Å². The lowest BCUT2D eigenvalue weighted by molar-refractivity contribution is -0.139. The Morgan fingerprint density at radius 3 is 2.50 bits per heavy atom. The molecule has 0 saturated heterocycles. The van der Waals surface area contributed by atoms with Crippen molar-refractivity contribution in [3.63, 3.8) is 0 Å². The second-order valence-corrected chi connectivity index (χ2v) is 5.05. The maximum absolute atomic E-state index is 13.3. The highest BCUT2D eigenvalue weighted by Gasteiger charge is 2.24. The van der Waals surface area contributed by atoms with Gasteiger partial charge < -0.3 is 10.4 Å². The number of aliphatic carboxylic acids is 1. The normalized spacial score (nSPS) is 12.0. The van der Waals surface area contributed by atoms with Gasteiger partial charge in [0.1, 0.15) is 11.5 Å². The van der Waals surface area contributed by atoms with E-state index in [4.69, 9.17) is 0 Å². The van der Waals surface area contributed by atoms with Crippen molar-refractivity contribution in [3.8, 4) is 0 Å². The molecular formula is C15H16FN3O3. The number of carboxylic acids is 1. The molecule has 116 valence electrons. The minimum Gasteiger partial charge on any atom is -0.479 e. The fourth-order valence-electron chi connectivity index (χ4n) is 2.16. The monoisotopic (exact) mass is 305 g/mol. The first-order valence-corrected chi connectivity index (χ1v) is 6.60. The van der Waals surface area contributed by atoms with Crippen molar-refractivity contribution in [2.45, 2.75) is 19.9 Å². The summed E-state index contributed by atoms with van der Waals surface area (Å²) < 4.78 is 14.7. The smallest absolute Gasteiger partial charge is 0.330 e. The molecule has 0 aliphatic heterocycles. The SMILES string of the molecule is Cc1cc(C(=O)NC(C(=O)O)c2ccc(F)c(C)c2)n(C)n1. The van der Waals surface area contributed by atoms with Gasteiger partial charge >= 0.3 is 5.97 Å². The molecule has 2 aromatic rings. The number of hydrogen-bond acceptors (Lipinski definition) is 3. The standard InChI is InChI=1S/C15H16FN3O3/c1-8-6-10(4-5-11(8)16)13(15(21)22)17-14(20)12-7-9(2)18-19(12)3/h4-7,13H,1-3H3,(H,17,20)(H,21,22). The molecule has 0 aliphatic carbocycles. The van der Waals surface area contributed by atoms with Gasteiger partial charge in [-0.15, -0.1) is 0 Å². The number of nitrogens with one attached hydrogen (secondary N) is 1. The third-order valence-corrected chi connectivity index (χ3v) is 3.27. The Hall–Kier alpha value is -2.70. The van der Waals surface area contributed by atoms with Gasteiger partial charge in [-0.1, -0.05) is 12.1 Å². The number of rotatable bonds is 4. The van der Waals surface area contributed by atoms with Gasteiger partial charge in [0.2, 0.25) is 0 Å². The second-order valence-electron chi connectivity index (χ2n) is 5.05. The molecule has 2 N–H and O–H groups in total. The van der Waals surface area contributed by atoms with Gasteiger partial charge in [0, 0.05) is 7.05 Å². The molecule has 0 spiro atoms. The fraction of sp³-hybridized carbons (Fsp3) is 0.267. The zero-order valence-electron chi connectivity index (χ0n) is 12.4. The highest BCUT2D eigenvalue weighted by atomic mass is 19.1. The van der Waals surface area contributed by atoms with Gasteiger partial charge in [0.25, 0.3) is 5.91 Å². The van der Waals surface area contributed by atoms with Crippen molar-refractivity contribution >= 4 is 11.9 Å². The van der Waals surface area contributed by atoms with Crippen LogP contribution in [0.4, 0.5) is 4.39 Å². The molecule has 1 amide bonds. The van der Waals surface area contributed by atoms with Crippen LogP contribution in [-0.2, 0) is 11.8 Å². The number of aromatic nitrogens is 2. The number of aryl methyl sites for hydroxylation is 3. The predicted molar refractivity (Wildman–Crippen MR) is 76.9 cm³/mol. The van der Waals surface area contributed by atoms with E-state index in [1.165, 1.54) is 29.8 Å². The minimum absolute atomic E-state index is 0.252. The zero-order chi connectivity index (χ0) is 16.4. The zero-order valence-corrected chi connectivity index (χ0v) is 12.4. The first-order valence-electron chi connectivity index (χ1n) is 6.60. The molecule has 1 atom stereocenters. The lowest BCUT2D eigenvalue weighted by Crippen LogP contribution is -2.34. The summed E-state index contributed by atoms with van der Waals surface area (Å²) in [6.45, 7) is 3.26. The second kappa shape index (κ2) is 5.97. The highest BCUT2D eigenvalue weighted by molar-refractivity contribution is 5.95. The van der Waals surface area contributed by atoms with Crippen LogP contribution in [-0.4, -0.2) is 26.8 Å². The summed E-state index contributed by atoms with van der Waals surface area (Å²) >= 11 is 0. The Labute approximate surface area is 126 Å². The van der Waals surface area contributed by atoms with Crippen LogP contribution in [0.5, 0.6) is 0 Å². The van der Waals surface area contributed by atoms with Crippen LogP contribution < -0.4 is 5.32 Å². The van der Waals surface area contributed by atoms with E-state index in [0.717, 1.165) is 0 Å². The number of benzene rings is 1. The van der Waals surface area contributed by atoms with Crippen LogP contribution >= 0.6 is 0 Å². The van der Waals surface area contributed by atoms with Crippen LogP contribution in [0.25, 0.3) is 0 Å². The third kappa shape index (κ3) is 3.13. The van der Waals surface area contributed by atoms with Gasteiger partial charge in [0.05, 0.1) is 5.69 Å². The molecule has 22 heavy (non-hydrogen) atoms. The molecule has 1 aromatic heterocycles. The van der Waals surface area contributed by atoms with Crippen molar-refractivity contribution < 1.29 is 19.1 Å². The van der Waals surface area contributed by atoms with Crippen LogP contribution in [0.15, 0.2) is 24.3 Å². The summed E-state index contributed by atoms with van der Waals surface area (Å²) in [5, 5.41) is 15.8. The maximum Gasteiger partial charge on any atom is 0.330 e. The van der Waals surface area contributed by atoms with E-state index in [1.807, 2.05) is 0 Å². The Morgan fingerprint density at radius 2 is 2.00 bits per heavy atom. The van der Waals surface area contributed by atoms with Crippen molar-refractivity contribution in [2.24, 2.45) is 7.05 Å². The van der Waals surface area contributed by atoms with E-state index in [0.29, 0.717) is 16.8 Å². The van der Waals surface area contributed by atoms with Gasteiger partial charge in [-0.3, -0.25) is 9.48 Å². The van der Waals surface area contributed by atoms with Crippen molar-refractivity contribution in [1.29, 1.82) is 0 Å². The molecule has 0 saturated carbocycles. The third-order valence-electron chi connectivity index (χ3n) is 3.27. The summed E-state index contributed by atoms with van der Waals surface area (Å²) in [6.07, 6.45) is 0. The molecule has 1 aromatic carbocycles. The van der Waals surface area contributed by atoms with Gasteiger partial charge in [-0.05, 0) is 37.1 Å². The van der Waals surface area contributed by atoms with Crippen molar-refractivity contribution in [1.82, 2.24) is 15.1 Å². The lowest BCUT2D eigenvalue weighted by Gasteiger charge is -2.15. The predicted octanol–water partition coefficient (Wildman–Crippen LogP) is 1.73. The topological polar surface area (TPSA) is 84.2 Å². The van der Waals surface area contributed by atoms with Crippen LogP contribution in [0.1, 0.15) is 33.4 Å². The summed E-state index contributed by atoms with van der Waals surface area (Å²) in [6, 6.07) is 4.23. The van der Waals surface area contributed by atoms with E-state index in [-0.39, 0.29) is 5.69 Å². The van der Waals surface area contributed by atoms with Gasteiger partial charge in [-0.2, -0.15) is 5.10 Å². The number of carbonyl (C=O) groups excluding carboxylic acids is 1.